The van der Waals surface area contributed by atoms with Crippen LogP contribution in [-0.4, -0.2) is 34.0 Å². The molecule has 0 spiro atoms. The number of benzene rings is 1. The number of amides is 1. The average molecular weight is 340 g/mol. The molecule has 0 aromatic heterocycles. The maximum atomic E-state index is 13.1. The summed E-state index contributed by atoms with van der Waals surface area (Å²) >= 11 is 0. The van der Waals surface area contributed by atoms with Crippen molar-refractivity contribution in [1.82, 2.24) is 10.2 Å². The van der Waals surface area contributed by atoms with Crippen molar-refractivity contribution in [2.75, 3.05) is 6.54 Å². The Morgan fingerprint density at radius 2 is 1.88 bits per heavy atom. The zero-order chi connectivity index (χ0) is 17.8. The van der Waals surface area contributed by atoms with Crippen LogP contribution in [0.25, 0.3) is 0 Å². The molecule has 1 aliphatic heterocycles. The maximum absolute atomic E-state index is 13.1. The number of aliphatic hydroxyl groups excluding tert-OH is 1. The number of hydrogen-bond acceptors (Lipinski definition) is 3. The highest BCUT2D eigenvalue weighted by Gasteiger charge is 2.57. The van der Waals surface area contributed by atoms with Crippen molar-refractivity contribution >= 4 is 5.91 Å². The summed E-state index contributed by atoms with van der Waals surface area (Å²) in [5.74, 6) is 1.88. The summed E-state index contributed by atoms with van der Waals surface area (Å²) in [6.07, 6.45) is 5.05. The summed E-state index contributed by atoms with van der Waals surface area (Å²) in [6.45, 7) is 6.82. The predicted octanol–water partition coefficient (Wildman–Crippen LogP) is 2.71. The summed E-state index contributed by atoms with van der Waals surface area (Å²) in [6, 6.07) is 9.42. The van der Waals surface area contributed by atoms with Crippen molar-refractivity contribution in [3.05, 3.63) is 48.0 Å². The standard InChI is InChI=1S/C21H28N2O2/c1-21(2,3)22-19(24)18-17-15-10-9-14(11-15)16(17)12-23(18)20(25)13-7-5-4-6-8-13/h4-10,14-18,20,25H,11-12H2,1-3H3,(H,22,24). The van der Waals surface area contributed by atoms with Crippen LogP contribution in [0.5, 0.6) is 0 Å². The van der Waals surface area contributed by atoms with Gasteiger partial charge in [0.2, 0.25) is 5.91 Å². The lowest BCUT2D eigenvalue weighted by atomic mass is 9.81. The van der Waals surface area contributed by atoms with Gasteiger partial charge in [0.25, 0.3) is 0 Å². The Morgan fingerprint density at radius 3 is 2.56 bits per heavy atom. The first-order chi connectivity index (χ1) is 11.8. The molecule has 1 amide bonds. The van der Waals surface area contributed by atoms with Gasteiger partial charge in [-0.3, -0.25) is 9.69 Å². The molecule has 1 aromatic rings. The molecule has 2 aliphatic carbocycles. The molecule has 25 heavy (non-hydrogen) atoms. The number of allylic oxidation sites excluding steroid dienone is 2. The van der Waals surface area contributed by atoms with Crippen molar-refractivity contribution < 1.29 is 9.90 Å². The number of carbonyl (C=O) groups excluding carboxylic acids is 1. The molecule has 3 aliphatic rings. The lowest BCUT2D eigenvalue weighted by molar-refractivity contribution is -0.133. The van der Waals surface area contributed by atoms with E-state index in [1.165, 1.54) is 6.42 Å². The van der Waals surface area contributed by atoms with Gasteiger partial charge in [0, 0.05) is 12.1 Å². The van der Waals surface area contributed by atoms with Crippen molar-refractivity contribution in [2.45, 2.75) is 45.0 Å². The van der Waals surface area contributed by atoms with E-state index in [1.807, 2.05) is 56.0 Å². The molecule has 4 heteroatoms. The van der Waals surface area contributed by atoms with Crippen LogP contribution >= 0.6 is 0 Å². The van der Waals surface area contributed by atoms with Crippen LogP contribution in [0.15, 0.2) is 42.5 Å². The van der Waals surface area contributed by atoms with Crippen molar-refractivity contribution in [1.29, 1.82) is 0 Å². The Hall–Kier alpha value is -1.65. The molecular weight excluding hydrogens is 312 g/mol. The first-order valence-electron chi connectivity index (χ1n) is 9.34. The number of hydrogen-bond donors (Lipinski definition) is 2. The van der Waals surface area contributed by atoms with Gasteiger partial charge in [0.1, 0.15) is 6.23 Å². The van der Waals surface area contributed by atoms with E-state index in [9.17, 15) is 9.90 Å². The van der Waals surface area contributed by atoms with Crippen LogP contribution in [0.3, 0.4) is 0 Å². The second kappa shape index (κ2) is 5.96. The largest absolute Gasteiger partial charge is 0.374 e. The van der Waals surface area contributed by atoms with Gasteiger partial charge in [-0.1, -0.05) is 42.5 Å². The van der Waals surface area contributed by atoms with Crippen LogP contribution in [-0.2, 0) is 4.79 Å². The molecule has 2 fully saturated rings. The third kappa shape index (κ3) is 2.91. The Balaban J connectivity index is 1.64. The first-order valence-corrected chi connectivity index (χ1v) is 9.34. The fourth-order valence-corrected chi connectivity index (χ4v) is 5.10. The molecule has 2 N–H and O–H groups in total. The fraction of sp³-hybridized carbons (Fsp3) is 0.571. The zero-order valence-electron chi connectivity index (χ0n) is 15.2. The molecule has 2 bridgehead atoms. The minimum absolute atomic E-state index is 0.0518. The molecule has 4 nitrogen and oxygen atoms in total. The highest BCUT2D eigenvalue weighted by Crippen LogP contribution is 2.55. The van der Waals surface area contributed by atoms with Crippen LogP contribution in [0.1, 0.15) is 39.0 Å². The third-order valence-electron chi connectivity index (χ3n) is 6.01. The van der Waals surface area contributed by atoms with Crippen LogP contribution in [0.4, 0.5) is 0 Å². The number of likely N-dealkylation sites (tertiary alicyclic amines) is 1. The van der Waals surface area contributed by atoms with E-state index in [1.54, 1.807) is 0 Å². The van der Waals surface area contributed by atoms with Crippen LogP contribution in [0, 0.1) is 23.7 Å². The average Bonchev–Trinajstić information content (AvgIpc) is 3.24. The zero-order valence-corrected chi connectivity index (χ0v) is 15.2. The third-order valence-corrected chi connectivity index (χ3v) is 6.01. The van der Waals surface area contributed by atoms with Gasteiger partial charge in [-0.2, -0.15) is 0 Å². The minimum atomic E-state index is -0.734. The Labute approximate surface area is 149 Å². The second-order valence-electron chi connectivity index (χ2n) is 8.85. The van der Waals surface area contributed by atoms with Crippen LogP contribution < -0.4 is 5.32 Å². The molecule has 1 heterocycles. The summed E-state index contributed by atoms with van der Waals surface area (Å²) in [7, 11) is 0. The van der Waals surface area contributed by atoms with E-state index in [-0.39, 0.29) is 17.5 Å². The summed E-state index contributed by atoms with van der Waals surface area (Å²) in [5.41, 5.74) is 0.586. The number of aliphatic hydroxyl groups is 1. The first kappa shape index (κ1) is 16.8. The van der Waals surface area contributed by atoms with Gasteiger partial charge in [0.05, 0.1) is 6.04 Å². The van der Waals surface area contributed by atoms with Crippen molar-refractivity contribution in [3.63, 3.8) is 0 Å². The highest BCUT2D eigenvalue weighted by molar-refractivity contribution is 5.83. The number of nitrogens with zero attached hydrogens (tertiary/aromatic N) is 1. The topological polar surface area (TPSA) is 52.6 Å². The number of fused-ring (bicyclic) bond motifs is 5. The molecule has 6 atom stereocenters. The van der Waals surface area contributed by atoms with Crippen LogP contribution in [0.2, 0.25) is 0 Å². The molecule has 1 aromatic carbocycles. The van der Waals surface area contributed by atoms with Gasteiger partial charge in [-0.15, -0.1) is 0 Å². The van der Waals surface area contributed by atoms with Crippen molar-refractivity contribution in [3.8, 4) is 0 Å². The number of carbonyl (C=O) groups is 1. The Morgan fingerprint density at radius 1 is 1.20 bits per heavy atom. The fourth-order valence-electron chi connectivity index (χ4n) is 5.10. The summed E-state index contributed by atoms with van der Waals surface area (Å²) < 4.78 is 0. The molecule has 134 valence electrons. The minimum Gasteiger partial charge on any atom is -0.374 e. The van der Waals surface area contributed by atoms with Gasteiger partial charge >= 0.3 is 0 Å². The smallest absolute Gasteiger partial charge is 0.238 e. The van der Waals surface area contributed by atoms with Crippen molar-refractivity contribution in [2.24, 2.45) is 23.7 Å². The predicted molar refractivity (Wildman–Crippen MR) is 97.5 cm³/mol. The SMILES string of the molecule is CC(C)(C)NC(=O)C1C2C3C=CC(C3)C2CN1C(O)c1ccccc1. The number of nitrogens with one attached hydrogen (secondary N) is 1. The molecule has 6 unspecified atom stereocenters. The summed E-state index contributed by atoms with van der Waals surface area (Å²) in [5, 5.41) is 14.2. The van der Waals surface area contributed by atoms with E-state index >= 15 is 0 Å². The Kier molecular flexibility index (Phi) is 4.00. The quantitative estimate of drug-likeness (QED) is 0.832. The normalized spacial score (nSPS) is 35.0. The van der Waals surface area contributed by atoms with E-state index in [4.69, 9.17) is 0 Å². The van der Waals surface area contributed by atoms with Gasteiger partial charge in [0.15, 0.2) is 0 Å². The molecule has 4 rings (SSSR count). The van der Waals surface area contributed by atoms with Gasteiger partial charge < -0.3 is 10.4 Å². The number of rotatable bonds is 3. The Bertz CT molecular complexity index is 679. The molecule has 1 saturated heterocycles. The molecular formula is C21H28N2O2. The van der Waals surface area contributed by atoms with E-state index in [2.05, 4.69) is 17.5 Å². The van der Waals surface area contributed by atoms with E-state index in [0.29, 0.717) is 23.7 Å². The molecule has 0 radical (unpaired) electrons. The lowest BCUT2D eigenvalue weighted by Crippen LogP contribution is -2.53. The molecule has 1 saturated carbocycles. The summed E-state index contributed by atoms with van der Waals surface area (Å²) in [4.78, 5) is 15.2. The second-order valence-corrected chi connectivity index (χ2v) is 8.85. The highest BCUT2D eigenvalue weighted by atomic mass is 16.3. The lowest BCUT2D eigenvalue weighted by Gasteiger charge is -2.34. The van der Waals surface area contributed by atoms with Gasteiger partial charge in [-0.05, 0) is 56.4 Å². The monoisotopic (exact) mass is 340 g/mol. The maximum Gasteiger partial charge on any atom is 0.238 e. The van der Waals surface area contributed by atoms with Gasteiger partial charge in [-0.25, -0.2) is 0 Å². The van der Waals surface area contributed by atoms with E-state index < -0.39 is 6.23 Å². The van der Waals surface area contributed by atoms with E-state index in [0.717, 1.165) is 12.1 Å².